The molecule has 0 amide bonds. The second-order valence-corrected chi connectivity index (χ2v) is 5.55. The van der Waals surface area contributed by atoms with Crippen molar-refractivity contribution >= 4 is 11.0 Å². The van der Waals surface area contributed by atoms with E-state index in [2.05, 4.69) is 44.8 Å². The van der Waals surface area contributed by atoms with Crippen molar-refractivity contribution in [2.24, 2.45) is 5.92 Å². The van der Waals surface area contributed by atoms with Gasteiger partial charge in [0.1, 0.15) is 6.33 Å². The number of hydrogen-bond donors (Lipinski definition) is 0. The molecule has 94 valence electrons. The zero-order valence-corrected chi connectivity index (χ0v) is 10.7. The lowest BCUT2D eigenvalue weighted by molar-refractivity contribution is 0.308. The van der Waals surface area contributed by atoms with Gasteiger partial charge in [0.15, 0.2) is 0 Å². The van der Waals surface area contributed by atoms with Crippen LogP contribution in [0.25, 0.3) is 11.0 Å². The number of hydrogen-bond acceptors (Lipinski definition) is 3. The fourth-order valence-corrected chi connectivity index (χ4v) is 3.50. The Morgan fingerprint density at radius 3 is 3.00 bits per heavy atom. The van der Waals surface area contributed by atoms with Crippen molar-refractivity contribution in [3.05, 3.63) is 30.6 Å². The number of aromatic nitrogens is 2. The van der Waals surface area contributed by atoms with Gasteiger partial charge >= 0.3 is 0 Å². The van der Waals surface area contributed by atoms with Gasteiger partial charge in [-0.25, -0.2) is 9.66 Å². The molecule has 2 unspecified atom stereocenters. The summed E-state index contributed by atoms with van der Waals surface area (Å²) in [7, 11) is 2.25. The molecular weight excluding hydrogens is 224 g/mol. The summed E-state index contributed by atoms with van der Waals surface area (Å²) in [6, 6.07) is 9.09. The zero-order valence-electron chi connectivity index (χ0n) is 10.7. The van der Waals surface area contributed by atoms with Crippen molar-refractivity contribution < 1.29 is 0 Å². The normalized spacial score (nSPS) is 28.2. The third kappa shape index (κ3) is 1.38. The smallest absolute Gasteiger partial charge is 0.116 e. The lowest BCUT2D eigenvalue weighted by Gasteiger charge is -2.23. The average molecular weight is 242 g/mol. The molecule has 18 heavy (non-hydrogen) atoms. The lowest BCUT2D eigenvalue weighted by Crippen LogP contribution is -2.37. The Hall–Kier alpha value is -1.55. The molecule has 0 aliphatic carbocycles. The molecule has 4 nitrogen and oxygen atoms in total. The zero-order chi connectivity index (χ0) is 12.1. The molecule has 2 atom stereocenters. The van der Waals surface area contributed by atoms with Gasteiger partial charge in [0, 0.05) is 12.6 Å². The average Bonchev–Trinajstić information content (AvgIpc) is 3.05. The summed E-state index contributed by atoms with van der Waals surface area (Å²) in [4.78, 5) is 6.99. The predicted octanol–water partition coefficient (Wildman–Crippen LogP) is 1.31. The van der Waals surface area contributed by atoms with Crippen LogP contribution < -0.4 is 5.01 Å². The Morgan fingerprint density at radius 1 is 1.22 bits per heavy atom. The highest BCUT2D eigenvalue weighted by Gasteiger charge is 2.40. The monoisotopic (exact) mass is 242 g/mol. The molecule has 2 aromatic rings. The quantitative estimate of drug-likeness (QED) is 0.753. The van der Waals surface area contributed by atoms with Gasteiger partial charge in [-0.05, 0) is 38.1 Å². The van der Waals surface area contributed by atoms with Crippen molar-refractivity contribution in [1.29, 1.82) is 0 Å². The van der Waals surface area contributed by atoms with Crippen LogP contribution in [-0.2, 0) is 0 Å². The first-order valence-corrected chi connectivity index (χ1v) is 6.70. The first-order chi connectivity index (χ1) is 8.83. The van der Waals surface area contributed by atoms with E-state index in [-0.39, 0.29) is 0 Å². The number of likely N-dealkylation sites (tertiary alicyclic amines) is 1. The van der Waals surface area contributed by atoms with Crippen molar-refractivity contribution in [2.45, 2.75) is 12.5 Å². The summed E-state index contributed by atoms with van der Waals surface area (Å²) in [5.74, 6) is 0.830. The van der Waals surface area contributed by atoms with E-state index >= 15 is 0 Å². The summed E-state index contributed by atoms with van der Waals surface area (Å²) in [6.45, 7) is 3.55. The maximum Gasteiger partial charge on any atom is 0.116 e. The van der Waals surface area contributed by atoms with Crippen LogP contribution in [0.4, 0.5) is 0 Å². The van der Waals surface area contributed by atoms with Crippen LogP contribution in [0.15, 0.2) is 30.6 Å². The van der Waals surface area contributed by atoms with E-state index in [9.17, 15) is 0 Å². The molecule has 1 aromatic carbocycles. The van der Waals surface area contributed by atoms with Crippen molar-refractivity contribution in [1.82, 2.24) is 14.6 Å². The van der Waals surface area contributed by atoms with E-state index in [0.29, 0.717) is 0 Å². The second-order valence-electron chi connectivity index (χ2n) is 5.55. The van der Waals surface area contributed by atoms with Crippen LogP contribution >= 0.6 is 0 Å². The highest BCUT2D eigenvalue weighted by Crippen LogP contribution is 2.30. The molecule has 0 spiro atoms. The molecule has 1 aromatic heterocycles. The largest absolute Gasteiger partial charge is 0.309 e. The van der Waals surface area contributed by atoms with Gasteiger partial charge in [-0.3, -0.25) is 0 Å². The number of likely N-dealkylation sites (N-methyl/N-ethyl adjacent to an activating group) is 1. The molecule has 4 rings (SSSR count). The highest BCUT2D eigenvalue weighted by atomic mass is 15.6. The fourth-order valence-electron chi connectivity index (χ4n) is 3.50. The Bertz CT molecular complexity index is 576. The maximum atomic E-state index is 4.48. The Labute approximate surface area is 107 Å². The summed E-state index contributed by atoms with van der Waals surface area (Å²) >= 11 is 0. The second kappa shape index (κ2) is 3.72. The van der Waals surface area contributed by atoms with Crippen LogP contribution in [-0.4, -0.2) is 47.3 Å². The topological polar surface area (TPSA) is 24.3 Å². The van der Waals surface area contributed by atoms with Crippen LogP contribution in [0.5, 0.6) is 0 Å². The molecule has 2 fully saturated rings. The molecule has 0 radical (unpaired) electrons. The molecule has 0 bridgehead atoms. The van der Waals surface area contributed by atoms with Crippen LogP contribution in [0, 0.1) is 5.92 Å². The number of benzene rings is 1. The number of para-hydroxylation sites is 2. The molecule has 0 N–H and O–H groups in total. The fraction of sp³-hybridized carbons (Fsp3) is 0.500. The third-order valence-corrected chi connectivity index (χ3v) is 4.55. The first kappa shape index (κ1) is 10.4. The maximum absolute atomic E-state index is 4.48. The van der Waals surface area contributed by atoms with Crippen LogP contribution in [0.1, 0.15) is 6.42 Å². The van der Waals surface area contributed by atoms with E-state index < -0.39 is 0 Å². The van der Waals surface area contributed by atoms with E-state index in [1.807, 2.05) is 12.4 Å². The van der Waals surface area contributed by atoms with E-state index in [0.717, 1.165) is 30.6 Å². The Kier molecular flexibility index (Phi) is 2.14. The van der Waals surface area contributed by atoms with E-state index in [4.69, 9.17) is 0 Å². The standard InChI is InChI=1S/C14H18N4/c1-16-7-6-11-8-17(9-14(11)16)18-10-15-12-4-2-3-5-13(12)18/h2-5,10-11,14H,6-9H2,1H3. The SMILES string of the molecule is CN1CCC2CN(n3cnc4ccccc43)CC21. The molecule has 2 saturated heterocycles. The number of nitrogens with zero attached hydrogens (tertiary/aromatic N) is 4. The first-order valence-electron chi connectivity index (χ1n) is 6.70. The summed E-state index contributed by atoms with van der Waals surface area (Å²) in [6.07, 6.45) is 3.30. The van der Waals surface area contributed by atoms with E-state index in [1.165, 1.54) is 18.5 Å². The van der Waals surface area contributed by atoms with Crippen molar-refractivity contribution in [3.63, 3.8) is 0 Å². The van der Waals surface area contributed by atoms with Crippen LogP contribution in [0.2, 0.25) is 0 Å². The summed E-state index contributed by atoms with van der Waals surface area (Å²) in [5.41, 5.74) is 2.31. The molecule has 2 aliphatic heterocycles. The predicted molar refractivity (Wildman–Crippen MR) is 72.2 cm³/mol. The van der Waals surface area contributed by atoms with Crippen LogP contribution in [0.3, 0.4) is 0 Å². The minimum absolute atomic E-state index is 0.728. The van der Waals surface area contributed by atoms with Gasteiger partial charge in [-0.2, -0.15) is 0 Å². The molecule has 3 heterocycles. The Balaban J connectivity index is 1.69. The third-order valence-electron chi connectivity index (χ3n) is 4.55. The highest BCUT2D eigenvalue weighted by molar-refractivity contribution is 5.75. The van der Waals surface area contributed by atoms with Gasteiger partial charge < -0.3 is 9.91 Å². The van der Waals surface area contributed by atoms with Crippen molar-refractivity contribution in [2.75, 3.05) is 31.7 Å². The lowest BCUT2D eigenvalue weighted by atomic mass is 10.1. The molecule has 0 saturated carbocycles. The number of fused-ring (bicyclic) bond motifs is 2. The number of rotatable bonds is 1. The molecular formula is C14H18N4. The molecule has 2 aliphatic rings. The van der Waals surface area contributed by atoms with Gasteiger partial charge in [-0.1, -0.05) is 12.1 Å². The number of imidazole rings is 1. The van der Waals surface area contributed by atoms with Gasteiger partial charge in [0.05, 0.1) is 17.6 Å². The molecule has 4 heteroatoms. The van der Waals surface area contributed by atoms with Gasteiger partial charge in [-0.15, -0.1) is 0 Å². The summed E-state index contributed by atoms with van der Waals surface area (Å²) < 4.78 is 2.24. The minimum atomic E-state index is 0.728. The van der Waals surface area contributed by atoms with Gasteiger partial charge in [0.2, 0.25) is 0 Å². The van der Waals surface area contributed by atoms with Gasteiger partial charge in [0.25, 0.3) is 0 Å². The van der Waals surface area contributed by atoms with E-state index in [1.54, 1.807) is 0 Å². The van der Waals surface area contributed by atoms with Crippen molar-refractivity contribution in [3.8, 4) is 0 Å². The minimum Gasteiger partial charge on any atom is -0.309 e. The Morgan fingerprint density at radius 2 is 2.11 bits per heavy atom. The summed E-state index contributed by atoms with van der Waals surface area (Å²) in [5, 5.41) is 2.44.